The average molecular weight is 232 g/mol. The molecule has 0 aliphatic carbocycles. The van der Waals surface area contributed by atoms with E-state index in [0.29, 0.717) is 5.56 Å². The normalized spacial score (nSPS) is 21.7. The van der Waals surface area contributed by atoms with Crippen LogP contribution in [0.5, 0.6) is 0 Å². The zero-order valence-electron chi connectivity index (χ0n) is 8.19. The van der Waals surface area contributed by atoms with Crippen molar-refractivity contribution in [1.29, 1.82) is 0 Å². The number of benzene rings is 1. The summed E-state index contributed by atoms with van der Waals surface area (Å²) in [6.07, 6.45) is 3.12. The predicted octanol–water partition coefficient (Wildman–Crippen LogP) is 3.43. The molecule has 1 nitrogen and oxygen atoms in total. The van der Waals surface area contributed by atoms with Gasteiger partial charge in [0.25, 0.3) is 0 Å². The third-order valence-corrected chi connectivity index (χ3v) is 3.08. The lowest BCUT2D eigenvalue weighted by Gasteiger charge is -2.24. The van der Waals surface area contributed by atoms with Crippen LogP contribution >= 0.6 is 11.6 Å². The SMILES string of the molecule is Fc1cc(C2CCCCN2)cc(F)c1Cl. The van der Waals surface area contributed by atoms with Crippen molar-refractivity contribution in [3.63, 3.8) is 0 Å². The van der Waals surface area contributed by atoms with Gasteiger partial charge < -0.3 is 5.32 Å². The molecule has 0 saturated carbocycles. The molecule has 0 amide bonds. The Labute approximate surface area is 92.4 Å². The molecular weight excluding hydrogens is 220 g/mol. The van der Waals surface area contributed by atoms with Gasteiger partial charge in [-0.15, -0.1) is 0 Å². The van der Waals surface area contributed by atoms with Gasteiger partial charge in [-0.2, -0.15) is 0 Å². The van der Waals surface area contributed by atoms with Crippen molar-refractivity contribution in [2.45, 2.75) is 25.3 Å². The van der Waals surface area contributed by atoms with Crippen LogP contribution in [0.3, 0.4) is 0 Å². The van der Waals surface area contributed by atoms with Crippen LogP contribution in [-0.4, -0.2) is 6.54 Å². The number of rotatable bonds is 1. The topological polar surface area (TPSA) is 12.0 Å². The molecule has 1 aliphatic rings. The van der Waals surface area contributed by atoms with Crippen molar-refractivity contribution in [2.75, 3.05) is 6.54 Å². The second kappa shape index (κ2) is 4.45. The molecule has 1 aromatic rings. The monoisotopic (exact) mass is 231 g/mol. The molecular formula is C11H12ClF2N. The van der Waals surface area contributed by atoms with Gasteiger partial charge >= 0.3 is 0 Å². The van der Waals surface area contributed by atoms with Crippen LogP contribution < -0.4 is 5.32 Å². The molecule has 0 bridgehead atoms. The zero-order chi connectivity index (χ0) is 10.8. The standard InChI is InChI=1S/C11H12ClF2N/c12-11-8(13)5-7(6-9(11)14)10-3-1-2-4-15-10/h5-6,10,15H,1-4H2. The lowest BCUT2D eigenvalue weighted by atomic mass is 9.97. The molecule has 1 atom stereocenters. The van der Waals surface area contributed by atoms with Crippen LogP contribution in [0.4, 0.5) is 8.78 Å². The Morgan fingerprint density at radius 2 is 1.87 bits per heavy atom. The van der Waals surface area contributed by atoms with E-state index in [1.165, 1.54) is 12.1 Å². The van der Waals surface area contributed by atoms with Crippen LogP contribution in [0.1, 0.15) is 30.9 Å². The molecule has 4 heteroatoms. The Kier molecular flexibility index (Phi) is 3.22. The minimum absolute atomic E-state index is 0.0556. The van der Waals surface area contributed by atoms with Crippen molar-refractivity contribution in [1.82, 2.24) is 5.32 Å². The smallest absolute Gasteiger partial charge is 0.145 e. The first-order chi connectivity index (χ1) is 7.18. The fourth-order valence-electron chi connectivity index (χ4n) is 1.91. The maximum Gasteiger partial charge on any atom is 0.145 e. The molecule has 82 valence electrons. The van der Waals surface area contributed by atoms with Gasteiger partial charge in [-0.25, -0.2) is 8.78 Å². The minimum atomic E-state index is -0.681. The fraction of sp³-hybridized carbons (Fsp3) is 0.455. The van der Waals surface area contributed by atoms with Crippen molar-refractivity contribution in [2.24, 2.45) is 0 Å². The van der Waals surface area contributed by atoms with E-state index in [-0.39, 0.29) is 6.04 Å². The van der Waals surface area contributed by atoms with Crippen molar-refractivity contribution < 1.29 is 8.78 Å². The van der Waals surface area contributed by atoms with E-state index < -0.39 is 16.7 Å². The highest BCUT2D eigenvalue weighted by atomic mass is 35.5. The Bertz CT molecular complexity index is 339. The van der Waals surface area contributed by atoms with Gasteiger partial charge in [-0.3, -0.25) is 0 Å². The summed E-state index contributed by atoms with van der Waals surface area (Å²) in [4.78, 5) is 0. The molecule has 1 saturated heterocycles. The van der Waals surface area contributed by atoms with Gasteiger partial charge in [0.2, 0.25) is 0 Å². The van der Waals surface area contributed by atoms with Gasteiger partial charge in [0.15, 0.2) is 0 Å². The lowest BCUT2D eigenvalue weighted by molar-refractivity contribution is 0.409. The van der Waals surface area contributed by atoms with Gasteiger partial charge in [-0.05, 0) is 37.1 Å². The summed E-state index contributed by atoms with van der Waals surface area (Å²) in [5.74, 6) is -1.36. The van der Waals surface area contributed by atoms with Crippen LogP contribution in [0.25, 0.3) is 0 Å². The number of nitrogens with one attached hydrogen (secondary N) is 1. The molecule has 1 heterocycles. The quantitative estimate of drug-likeness (QED) is 0.731. The second-order valence-electron chi connectivity index (χ2n) is 3.80. The molecule has 1 fully saturated rings. The van der Waals surface area contributed by atoms with Crippen molar-refractivity contribution in [3.8, 4) is 0 Å². The van der Waals surface area contributed by atoms with E-state index in [0.717, 1.165) is 25.8 Å². The molecule has 1 N–H and O–H groups in total. The first-order valence-electron chi connectivity index (χ1n) is 5.06. The number of halogens is 3. The fourth-order valence-corrected chi connectivity index (χ4v) is 2.02. The van der Waals surface area contributed by atoms with E-state index >= 15 is 0 Å². The summed E-state index contributed by atoms with van der Waals surface area (Å²) >= 11 is 5.42. The third kappa shape index (κ3) is 2.29. The highest BCUT2D eigenvalue weighted by molar-refractivity contribution is 6.30. The van der Waals surface area contributed by atoms with Gasteiger partial charge in [0.1, 0.15) is 16.7 Å². The van der Waals surface area contributed by atoms with Gasteiger partial charge in [-0.1, -0.05) is 18.0 Å². The van der Waals surface area contributed by atoms with E-state index in [9.17, 15) is 8.78 Å². The summed E-state index contributed by atoms with van der Waals surface area (Å²) in [6.45, 7) is 0.899. The molecule has 1 aromatic carbocycles. The molecule has 0 spiro atoms. The summed E-state index contributed by atoms with van der Waals surface area (Å²) in [7, 11) is 0. The molecule has 15 heavy (non-hydrogen) atoms. The summed E-state index contributed by atoms with van der Waals surface area (Å²) < 4.78 is 26.4. The minimum Gasteiger partial charge on any atom is -0.310 e. The Hall–Kier alpha value is -0.670. The summed E-state index contributed by atoms with van der Waals surface area (Å²) in [5.41, 5.74) is 0.647. The van der Waals surface area contributed by atoms with Gasteiger partial charge in [0, 0.05) is 6.04 Å². The number of hydrogen-bond acceptors (Lipinski definition) is 1. The summed E-state index contributed by atoms with van der Waals surface area (Å²) in [5, 5.41) is 2.81. The van der Waals surface area contributed by atoms with Crippen molar-refractivity contribution >= 4 is 11.6 Å². The third-order valence-electron chi connectivity index (χ3n) is 2.72. The zero-order valence-corrected chi connectivity index (χ0v) is 8.95. The first kappa shape index (κ1) is 10.8. The average Bonchev–Trinajstić information content (AvgIpc) is 2.26. The van der Waals surface area contributed by atoms with Crippen LogP contribution in [0.2, 0.25) is 5.02 Å². The van der Waals surface area contributed by atoms with E-state index in [1.807, 2.05) is 0 Å². The van der Waals surface area contributed by atoms with E-state index in [2.05, 4.69) is 5.32 Å². The highest BCUT2D eigenvalue weighted by Gasteiger charge is 2.18. The molecule has 1 aliphatic heterocycles. The summed E-state index contributed by atoms with van der Waals surface area (Å²) in [6, 6.07) is 2.68. The Morgan fingerprint density at radius 1 is 1.20 bits per heavy atom. The van der Waals surface area contributed by atoms with Crippen LogP contribution in [-0.2, 0) is 0 Å². The maximum atomic E-state index is 13.2. The second-order valence-corrected chi connectivity index (χ2v) is 4.18. The molecule has 0 aromatic heterocycles. The number of hydrogen-bond donors (Lipinski definition) is 1. The molecule has 0 radical (unpaired) electrons. The van der Waals surface area contributed by atoms with E-state index in [4.69, 9.17) is 11.6 Å². The van der Waals surface area contributed by atoms with E-state index in [1.54, 1.807) is 0 Å². The lowest BCUT2D eigenvalue weighted by Crippen LogP contribution is -2.26. The molecule has 2 rings (SSSR count). The van der Waals surface area contributed by atoms with Gasteiger partial charge in [0.05, 0.1) is 0 Å². The molecule has 1 unspecified atom stereocenters. The predicted molar refractivity (Wildman–Crippen MR) is 56.0 cm³/mol. The number of piperidine rings is 1. The highest BCUT2D eigenvalue weighted by Crippen LogP contribution is 2.27. The van der Waals surface area contributed by atoms with Crippen molar-refractivity contribution in [3.05, 3.63) is 34.4 Å². The first-order valence-corrected chi connectivity index (χ1v) is 5.44. The Balaban J connectivity index is 2.27. The largest absolute Gasteiger partial charge is 0.310 e. The Morgan fingerprint density at radius 3 is 2.40 bits per heavy atom. The van der Waals surface area contributed by atoms with Crippen LogP contribution in [0.15, 0.2) is 12.1 Å². The maximum absolute atomic E-state index is 13.2. The van der Waals surface area contributed by atoms with Crippen LogP contribution in [0, 0.1) is 11.6 Å².